The molecule has 0 aliphatic carbocycles. The molecule has 0 saturated heterocycles. The molecule has 1 atom stereocenters. The number of hydrogen-bond donors (Lipinski definition) is 0. The van der Waals surface area contributed by atoms with Crippen LogP contribution in [-0.4, -0.2) is 41.2 Å². The molecule has 0 saturated carbocycles. The zero-order valence-electron chi connectivity index (χ0n) is 13.3. The number of thiazole rings is 1. The van der Waals surface area contributed by atoms with Gasteiger partial charge in [-0.25, -0.2) is 4.98 Å². The Labute approximate surface area is 144 Å². The van der Waals surface area contributed by atoms with Gasteiger partial charge in [-0.05, 0) is 17.4 Å². The van der Waals surface area contributed by atoms with Gasteiger partial charge >= 0.3 is 0 Å². The highest BCUT2D eigenvalue weighted by Gasteiger charge is 2.25. The minimum atomic E-state index is 0.0444. The summed E-state index contributed by atoms with van der Waals surface area (Å²) in [5.74, 6) is 2.03. The van der Waals surface area contributed by atoms with Crippen molar-refractivity contribution in [3.8, 4) is 5.75 Å². The molecule has 1 aliphatic heterocycles. The molecule has 0 radical (unpaired) electrons. The minimum Gasteiger partial charge on any atom is -0.488 e. The number of nitrogens with zero attached hydrogens (tertiary/aromatic N) is 2. The quantitative estimate of drug-likeness (QED) is 0.752. The Kier molecular flexibility index (Phi) is 5.23. The summed E-state index contributed by atoms with van der Waals surface area (Å²) in [6.45, 7) is 2.71. The Morgan fingerprint density at radius 3 is 3.09 bits per heavy atom. The van der Waals surface area contributed by atoms with Crippen LogP contribution >= 0.6 is 23.1 Å². The largest absolute Gasteiger partial charge is 0.488 e. The van der Waals surface area contributed by atoms with Crippen LogP contribution in [0, 0.1) is 0 Å². The van der Waals surface area contributed by atoms with Gasteiger partial charge in [0, 0.05) is 18.8 Å². The van der Waals surface area contributed by atoms with Crippen LogP contribution in [-0.2, 0) is 17.6 Å². The van der Waals surface area contributed by atoms with E-state index in [2.05, 4.69) is 18.0 Å². The number of aromatic nitrogens is 1. The molecule has 0 spiro atoms. The van der Waals surface area contributed by atoms with Gasteiger partial charge in [0.05, 0.1) is 18.7 Å². The highest BCUT2D eigenvalue weighted by atomic mass is 32.2. The first kappa shape index (κ1) is 16.3. The number of hydrogen-bond acceptors (Lipinski definition) is 5. The number of ether oxygens (including phenoxy) is 1. The lowest BCUT2D eigenvalue weighted by Gasteiger charge is -2.20. The average Bonchev–Trinajstić information content (AvgIpc) is 3.13. The van der Waals surface area contributed by atoms with Gasteiger partial charge in [-0.15, -0.1) is 11.3 Å². The SMILES string of the molecule is CCSc1nc(CC(=O)N(C)C[C@@H]2Cc3ccccc3O2)cs1. The number of fused-ring (bicyclic) bond motifs is 1. The normalized spacial score (nSPS) is 16.0. The monoisotopic (exact) mass is 348 g/mol. The molecule has 23 heavy (non-hydrogen) atoms. The molecule has 2 aromatic rings. The van der Waals surface area contributed by atoms with Gasteiger partial charge in [0.2, 0.25) is 5.91 Å². The number of amides is 1. The number of thioether (sulfide) groups is 1. The molecule has 6 heteroatoms. The van der Waals surface area contributed by atoms with Crippen LogP contribution in [0.4, 0.5) is 0 Å². The number of rotatable bonds is 6. The molecule has 0 fully saturated rings. The maximum atomic E-state index is 12.4. The molecule has 1 aliphatic rings. The molecule has 1 aromatic carbocycles. The highest BCUT2D eigenvalue weighted by molar-refractivity contribution is 8.00. The second-order valence-corrected chi connectivity index (χ2v) is 7.91. The van der Waals surface area contributed by atoms with E-state index < -0.39 is 0 Å². The number of carbonyl (C=O) groups excluding carboxylic acids is 1. The summed E-state index contributed by atoms with van der Waals surface area (Å²) in [6.07, 6.45) is 1.27. The molecule has 0 bridgehead atoms. The van der Waals surface area contributed by atoms with E-state index in [0.29, 0.717) is 13.0 Å². The van der Waals surface area contributed by atoms with Crippen LogP contribution in [0.2, 0.25) is 0 Å². The Morgan fingerprint density at radius 2 is 2.30 bits per heavy atom. The fourth-order valence-electron chi connectivity index (χ4n) is 2.61. The topological polar surface area (TPSA) is 42.4 Å². The predicted octanol–water partition coefficient (Wildman–Crippen LogP) is 3.26. The van der Waals surface area contributed by atoms with E-state index in [4.69, 9.17) is 4.74 Å². The third-order valence-electron chi connectivity index (χ3n) is 3.75. The molecular weight excluding hydrogens is 328 g/mol. The number of para-hydroxylation sites is 1. The number of likely N-dealkylation sites (N-methyl/N-ethyl adjacent to an activating group) is 1. The second kappa shape index (κ2) is 7.36. The van der Waals surface area contributed by atoms with E-state index in [1.165, 1.54) is 5.56 Å². The average molecular weight is 348 g/mol. The van der Waals surface area contributed by atoms with Crippen molar-refractivity contribution in [3.63, 3.8) is 0 Å². The van der Waals surface area contributed by atoms with Crippen molar-refractivity contribution in [2.45, 2.75) is 30.2 Å². The lowest BCUT2D eigenvalue weighted by molar-refractivity contribution is -0.130. The molecule has 3 rings (SSSR count). The minimum absolute atomic E-state index is 0.0444. The van der Waals surface area contributed by atoms with Crippen LogP contribution < -0.4 is 4.74 Å². The van der Waals surface area contributed by atoms with Crippen molar-refractivity contribution >= 4 is 29.0 Å². The summed E-state index contributed by atoms with van der Waals surface area (Å²) in [7, 11) is 1.84. The third kappa shape index (κ3) is 4.06. The lowest BCUT2D eigenvalue weighted by Crippen LogP contribution is -2.37. The van der Waals surface area contributed by atoms with Gasteiger partial charge in [0.1, 0.15) is 16.2 Å². The fourth-order valence-corrected chi connectivity index (χ4v) is 4.35. The second-order valence-electron chi connectivity index (χ2n) is 5.54. The first-order chi connectivity index (χ1) is 11.2. The van der Waals surface area contributed by atoms with Crippen molar-refractivity contribution < 1.29 is 9.53 Å². The molecular formula is C17H20N2O2S2. The first-order valence-corrected chi connectivity index (χ1v) is 9.58. The molecule has 1 aromatic heterocycles. The summed E-state index contributed by atoms with van der Waals surface area (Å²) < 4.78 is 6.94. The standard InChI is InChI=1S/C17H20N2O2S2/c1-3-22-17-18-13(11-23-17)9-16(20)19(2)10-14-8-12-6-4-5-7-15(12)21-14/h4-7,11,14H,3,8-10H2,1-2H3/t14-/m0/s1. The van der Waals surface area contributed by atoms with Crippen LogP contribution in [0.15, 0.2) is 34.0 Å². The van der Waals surface area contributed by atoms with Crippen molar-refractivity contribution in [1.29, 1.82) is 0 Å². The summed E-state index contributed by atoms with van der Waals surface area (Å²) in [4.78, 5) is 18.6. The predicted molar refractivity (Wildman–Crippen MR) is 94.4 cm³/mol. The zero-order valence-corrected chi connectivity index (χ0v) is 15.0. The van der Waals surface area contributed by atoms with E-state index in [0.717, 1.165) is 28.0 Å². The van der Waals surface area contributed by atoms with Gasteiger partial charge in [0.15, 0.2) is 0 Å². The maximum absolute atomic E-state index is 12.4. The van der Waals surface area contributed by atoms with Crippen LogP contribution in [0.3, 0.4) is 0 Å². The Hall–Kier alpha value is -1.53. The Bertz CT molecular complexity index is 662. The summed E-state index contributed by atoms with van der Waals surface area (Å²) in [5.41, 5.74) is 2.08. The smallest absolute Gasteiger partial charge is 0.228 e. The molecule has 1 amide bonds. The summed E-state index contributed by atoms with van der Waals surface area (Å²) in [6, 6.07) is 8.07. The van der Waals surface area contributed by atoms with E-state index in [-0.39, 0.29) is 12.0 Å². The van der Waals surface area contributed by atoms with Crippen LogP contribution in [0.5, 0.6) is 5.75 Å². The van der Waals surface area contributed by atoms with Gasteiger partial charge in [-0.1, -0.05) is 36.9 Å². The van der Waals surface area contributed by atoms with Crippen LogP contribution in [0.1, 0.15) is 18.2 Å². The van der Waals surface area contributed by atoms with E-state index >= 15 is 0 Å². The summed E-state index contributed by atoms with van der Waals surface area (Å²) in [5, 5.41) is 1.98. The molecule has 2 heterocycles. The Balaban J connectivity index is 1.52. The van der Waals surface area contributed by atoms with Crippen molar-refractivity contribution in [1.82, 2.24) is 9.88 Å². The van der Waals surface area contributed by atoms with Gasteiger partial charge < -0.3 is 9.64 Å². The molecule has 0 unspecified atom stereocenters. The maximum Gasteiger partial charge on any atom is 0.228 e. The molecule has 122 valence electrons. The van der Waals surface area contributed by atoms with Crippen LogP contribution in [0.25, 0.3) is 0 Å². The van der Waals surface area contributed by atoms with Gasteiger partial charge in [0.25, 0.3) is 0 Å². The lowest BCUT2D eigenvalue weighted by atomic mass is 10.1. The van der Waals surface area contributed by atoms with Gasteiger partial charge in [-0.3, -0.25) is 4.79 Å². The first-order valence-electron chi connectivity index (χ1n) is 7.71. The zero-order chi connectivity index (χ0) is 16.2. The Morgan fingerprint density at radius 1 is 1.48 bits per heavy atom. The van der Waals surface area contributed by atoms with Crippen molar-refractivity contribution in [3.05, 3.63) is 40.9 Å². The molecule has 4 nitrogen and oxygen atoms in total. The number of benzene rings is 1. The number of carbonyl (C=O) groups is 1. The van der Waals surface area contributed by atoms with E-state index in [1.807, 2.05) is 30.6 Å². The summed E-state index contributed by atoms with van der Waals surface area (Å²) >= 11 is 3.32. The highest BCUT2D eigenvalue weighted by Crippen LogP contribution is 2.28. The van der Waals surface area contributed by atoms with Crippen molar-refractivity contribution in [2.75, 3.05) is 19.3 Å². The third-order valence-corrected chi connectivity index (χ3v) is 5.70. The fraction of sp³-hybridized carbons (Fsp3) is 0.412. The molecule has 0 N–H and O–H groups in total. The van der Waals surface area contributed by atoms with E-state index in [9.17, 15) is 4.79 Å². The van der Waals surface area contributed by atoms with E-state index in [1.54, 1.807) is 28.0 Å². The van der Waals surface area contributed by atoms with Crippen molar-refractivity contribution in [2.24, 2.45) is 0 Å². The van der Waals surface area contributed by atoms with Gasteiger partial charge in [-0.2, -0.15) is 0 Å².